The molecule has 0 atom stereocenters. The molecule has 2 rings (SSSR count). The minimum Gasteiger partial charge on any atom is -0.491 e. The van der Waals surface area contributed by atoms with Crippen molar-refractivity contribution in [3.05, 3.63) is 36.5 Å². The number of aromatic nitrogens is 1. The van der Waals surface area contributed by atoms with Crippen LogP contribution in [0.25, 0.3) is 10.9 Å². The van der Waals surface area contributed by atoms with Crippen molar-refractivity contribution in [2.24, 2.45) is 0 Å². The Morgan fingerprint density at radius 3 is 2.85 bits per heavy atom. The smallest absolute Gasteiger partial charge is 0.145 e. The van der Waals surface area contributed by atoms with E-state index in [0.717, 1.165) is 42.8 Å². The number of pyridine rings is 1. The molecule has 0 fully saturated rings. The number of unbranched alkanes of at least 4 members (excludes halogenated alkanes) is 2. The van der Waals surface area contributed by atoms with Gasteiger partial charge >= 0.3 is 0 Å². The normalized spacial score (nSPS) is 10.8. The second-order valence-electron chi connectivity index (χ2n) is 4.99. The summed E-state index contributed by atoms with van der Waals surface area (Å²) in [7, 11) is 0. The van der Waals surface area contributed by atoms with Crippen molar-refractivity contribution in [2.75, 3.05) is 19.7 Å². The van der Waals surface area contributed by atoms with E-state index in [-0.39, 0.29) is 0 Å². The third-order valence-electron chi connectivity index (χ3n) is 3.28. The summed E-state index contributed by atoms with van der Waals surface area (Å²) in [5, 5.41) is 4.55. The number of para-hydroxylation sites is 1. The van der Waals surface area contributed by atoms with Gasteiger partial charge in [-0.05, 0) is 50.9 Å². The first kappa shape index (κ1) is 14.8. The Balaban J connectivity index is 1.71. The average Bonchev–Trinajstić information content (AvgIpc) is 2.50. The second-order valence-corrected chi connectivity index (χ2v) is 4.99. The zero-order valence-electron chi connectivity index (χ0n) is 12.3. The lowest BCUT2D eigenvalue weighted by molar-refractivity contribution is 0.308. The number of ether oxygens (including phenoxy) is 1. The molecule has 0 spiro atoms. The molecule has 0 saturated carbocycles. The highest BCUT2D eigenvalue weighted by Gasteiger charge is 2.01. The van der Waals surface area contributed by atoms with Crippen LogP contribution >= 0.6 is 0 Å². The van der Waals surface area contributed by atoms with Crippen molar-refractivity contribution in [3.8, 4) is 5.75 Å². The standard InChI is InChI=1S/C17H24N2O/c1-2-11-18-12-4-3-5-14-20-16-10-6-8-15-9-7-13-19-17(15)16/h6-10,13,18H,2-5,11-12,14H2,1H3. The maximum atomic E-state index is 5.86. The molecule has 0 bridgehead atoms. The SMILES string of the molecule is CCCNCCCCCOc1cccc2cccnc12. The zero-order chi connectivity index (χ0) is 14.0. The lowest BCUT2D eigenvalue weighted by atomic mass is 10.2. The van der Waals surface area contributed by atoms with Crippen molar-refractivity contribution in [1.29, 1.82) is 0 Å². The summed E-state index contributed by atoms with van der Waals surface area (Å²) in [5.74, 6) is 0.896. The predicted molar refractivity (Wildman–Crippen MR) is 84.2 cm³/mol. The van der Waals surface area contributed by atoms with E-state index in [1.54, 1.807) is 0 Å². The third kappa shape index (κ3) is 4.49. The molecule has 2 aromatic rings. The van der Waals surface area contributed by atoms with Gasteiger partial charge in [0.15, 0.2) is 0 Å². The molecule has 0 unspecified atom stereocenters. The minimum absolute atomic E-state index is 0.767. The third-order valence-corrected chi connectivity index (χ3v) is 3.28. The average molecular weight is 272 g/mol. The van der Waals surface area contributed by atoms with Gasteiger partial charge in [-0.3, -0.25) is 4.98 Å². The van der Waals surface area contributed by atoms with Crippen LogP contribution in [0, 0.1) is 0 Å². The van der Waals surface area contributed by atoms with Crippen molar-refractivity contribution in [3.63, 3.8) is 0 Å². The van der Waals surface area contributed by atoms with Crippen LogP contribution < -0.4 is 10.1 Å². The fourth-order valence-electron chi connectivity index (χ4n) is 2.21. The number of fused-ring (bicyclic) bond motifs is 1. The summed E-state index contributed by atoms with van der Waals surface area (Å²) in [6.45, 7) is 5.20. The van der Waals surface area contributed by atoms with E-state index in [2.05, 4.69) is 29.4 Å². The molecule has 3 heteroatoms. The predicted octanol–water partition coefficient (Wildman–Crippen LogP) is 3.78. The molecule has 1 aromatic heterocycles. The fourth-order valence-corrected chi connectivity index (χ4v) is 2.21. The first-order valence-corrected chi connectivity index (χ1v) is 7.59. The van der Waals surface area contributed by atoms with Crippen LogP contribution in [-0.4, -0.2) is 24.7 Å². The van der Waals surface area contributed by atoms with E-state index in [9.17, 15) is 0 Å². The maximum Gasteiger partial charge on any atom is 0.145 e. The quantitative estimate of drug-likeness (QED) is 0.705. The van der Waals surface area contributed by atoms with E-state index in [4.69, 9.17) is 4.74 Å². The molecule has 0 aliphatic heterocycles. The topological polar surface area (TPSA) is 34.1 Å². The molecule has 1 N–H and O–H groups in total. The van der Waals surface area contributed by atoms with Gasteiger partial charge in [-0.25, -0.2) is 0 Å². The van der Waals surface area contributed by atoms with Crippen molar-refractivity contribution >= 4 is 10.9 Å². The van der Waals surface area contributed by atoms with E-state index in [1.165, 1.54) is 19.3 Å². The summed E-state index contributed by atoms with van der Waals surface area (Å²) in [5.41, 5.74) is 0.958. The van der Waals surface area contributed by atoms with Gasteiger partial charge in [-0.2, -0.15) is 0 Å². The lowest BCUT2D eigenvalue weighted by Gasteiger charge is -2.08. The van der Waals surface area contributed by atoms with Gasteiger partial charge < -0.3 is 10.1 Å². The van der Waals surface area contributed by atoms with Crippen molar-refractivity contribution < 1.29 is 4.74 Å². The Bertz CT molecular complexity index is 508. The van der Waals surface area contributed by atoms with Gasteiger partial charge in [-0.15, -0.1) is 0 Å². The molecule has 1 heterocycles. The van der Waals surface area contributed by atoms with E-state index in [1.807, 2.05) is 24.4 Å². The monoisotopic (exact) mass is 272 g/mol. The summed E-state index contributed by atoms with van der Waals surface area (Å²) in [6, 6.07) is 10.1. The first-order chi connectivity index (χ1) is 9.92. The summed E-state index contributed by atoms with van der Waals surface area (Å²) >= 11 is 0. The molecule has 0 radical (unpaired) electrons. The van der Waals surface area contributed by atoms with Crippen LogP contribution in [0.2, 0.25) is 0 Å². The van der Waals surface area contributed by atoms with Crippen LogP contribution in [0.15, 0.2) is 36.5 Å². The number of nitrogens with one attached hydrogen (secondary N) is 1. The van der Waals surface area contributed by atoms with Crippen molar-refractivity contribution in [2.45, 2.75) is 32.6 Å². The number of hydrogen-bond donors (Lipinski definition) is 1. The van der Waals surface area contributed by atoms with Crippen molar-refractivity contribution in [1.82, 2.24) is 10.3 Å². The number of rotatable bonds is 9. The number of benzene rings is 1. The maximum absolute atomic E-state index is 5.86. The van der Waals surface area contributed by atoms with E-state index >= 15 is 0 Å². The molecular formula is C17H24N2O. The highest BCUT2D eigenvalue weighted by Crippen LogP contribution is 2.23. The minimum atomic E-state index is 0.767. The van der Waals surface area contributed by atoms with Gasteiger partial charge in [-0.1, -0.05) is 25.1 Å². The largest absolute Gasteiger partial charge is 0.491 e. The molecule has 0 saturated heterocycles. The molecule has 20 heavy (non-hydrogen) atoms. The number of nitrogens with zero attached hydrogens (tertiary/aromatic N) is 1. The Hall–Kier alpha value is -1.61. The van der Waals surface area contributed by atoms with Crippen LogP contribution in [0.3, 0.4) is 0 Å². The fraction of sp³-hybridized carbons (Fsp3) is 0.471. The van der Waals surface area contributed by atoms with Gasteiger partial charge in [0.2, 0.25) is 0 Å². The summed E-state index contributed by atoms with van der Waals surface area (Å²) in [4.78, 5) is 4.39. The van der Waals surface area contributed by atoms with Gasteiger partial charge in [0, 0.05) is 11.6 Å². The van der Waals surface area contributed by atoms with Crippen LogP contribution in [-0.2, 0) is 0 Å². The Morgan fingerprint density at radius 1 is 1.05 bits per heavy atom. The molecule has 0 aliphatic carbocycles. The van der Waals surface area contributed by atoms with Crippen LogP contribution in [0.1, 0.15) is 32.6 Å². The molecule has 3 nitrogen and oxygen atoms in total. The molecule has 108 valence electrons. The highest BCUT2D eigenvalue weighted by molar-refractivity contribution is 5.84. The summed E-state index contributed by atoms with van der Waals surface area (Å²) < 4.78 is 5.86. The van der Waals surface area contributed by atoms with Gasteiger partial charge in [0.1, 0.15) is 11.3 Å². The van der Waals surface area contributed by atoms with Crippen LogP contribution in [0.4, 0.5) is 0 Å². The Labute approximate surface area is 121 Å². The van der Waals surface area contributed by atoms with Gasteiger partial charge in [0.05, 0.1) is 6.61 Å². The van der Waals surface area contributed by atoms with E-state index in [0.29, 0.717) is 0 Å². The molecule has 0 aliphatic rings. The lowest BCUT2D eigenvalue weighted by Crippen LogP contribution is -2.15. The molecule has 1 aromatic carbocycles. The van der Waals surface area contributed by atoms with Gasteiger partial charge in [0.25, 0.3) is 0 Å². The second kappa shape index (κ2) is 8.54. The highest BCUT2D eigenvalue weighted by atomic mass is 16.5. The Kier molecular flexibility index (Phi) is 6.32. The zero-order valence-corrected chi connectivity index (χ0v) is 12.3. The number of hydrogen-bond acceptors (Lipinski definition) is 3. The molecular weight excluding hydrogens is 248 g/mol. The summed E-state index contributed by atoms with van der Waals surface area (Å²) in [6.07, 6.45) is 6.54. The van der Waals surface area contributed by atoms with E-state index < -0.39 is 0 Å². The first-order valence-electron chi connectivity index (χ1n) is 7.59. The van der Waals surface area contributed by atoms with Crippen LogP contribution in [0.5, 0.6) is 5.75 Å². The Morgan fingerprint density at radius 2 is 1.95 bits per heavy atom. The molecule has 0 amide bonds.